The fourth-order valence-corrected chi connectivity index (χ4v) is 3.39. The molecule has 2 atom stereocenters. The number of primary amides is 1. The number of carbonyl (C=O) groups is 4. The number of benzene rings is 2. The van der Waals surface area contributed by atoms with Crippen LogP contribution >= 0.6 is 0 Å². The molecule has 3 N–H and O–H groups in total. The minimum atomic E-state index is -1.09. The van der Waals surface area contributed by atoms with Crippen LogP contribution in [0.15, 0.2) is 42.5 Å². The molecule has 0 spiro atoms. The van der Waals surface area contributed by atoms with E-state index < -0.39 is 29.8 Å². The second kappa shape index (κ2) is 10.0. The maximum atomic E-state index is 12.6. The number of hydrogen-bond acceptors (Lipinski definition) is 7. The standard InChI is InChI=1S/C23H25N3O7/c1-13(22(29)25-16-6-4-14(5-7-16)21(24)28)33-23(30)15-10-20(27)26(12-15)18-9-8-17(31-2)11-19(18)32-3/h4-9,11,13,15H,10,12H2,1-3H3,(H2,24,28)(H,25,29)/t13-,15-/m1/s1. The molecule has 1 aliphatic rings. The first kappa shape index (κ1) is 23.6. The van der Waals surface area contributed by atoms with Gasteiger partial charge in [-0.05, 0) is 43.3 Å². The van der Waals surface area contributed by atoms with Gasteiger partial charge < -0.3 is 30.2 Å². The number of ether oxygens (including phenoxy) is 3. The van der Waals surface area contributed by atoms with Gasteiger partial charge in [0, 0.05) is 30.3 Å². The number of amides is 3. The molecule has 1 fully saturated rings. The van der Waals surface area contributed by atoms with Crippen molar-refractivity contribution in [1.82, 2.24) is 0 Å². The second-order valence-corrected chi connectivity index (χ2v) is 7.45. The average Bonchev–Trinajstić information content (AvgIpc) is 3.20. The predicted octanol–water partition coefficient (Wildman–Crippen LogP) is 1.73. The van der Waals surface area contributed by atoms with Crippen LogP contribution in [-0.2, 0) is 19.1 Å². The molecule has 3 amide bonds. The van der Waals surface area contributed by atoms with Crippen molar-refractivity contribution < 1.29 is 33.4 Å². The second-order valence-electron chi connectivity index (χ2n) is 7.45. The Kier molecular flexibility index (Phi) is 7.17. The van der Waals surface area contributed by atoms with E-state index in [4.69, 9.17) is 19.9 Å². The van der Waals surface area contributed by atoms with Gasteiger partial charge in [-0.25, -0.2) is 0 Å². The summed E-state index contributed by atoms with van der Waals surface area (Å²) in [4.78, 5) is 50.2. The van der Waals surface area contributed by atoms with Gasteiger partial charge in [-0.3, -0.25) is 19.2 Å². The molecule has 33 heavy (non-hydrogen) atoms. The van der Waals surface area contributed by atoms with E-state index in [1.54, 1.807) is 18.2 Å². The lowest BCUT2D eigenvalue weighted by Crippen LogP contribution is -2.33. The van der Waals surface area contributed by atoms with E-state index in [1.165, 1.54) is 50.3 Å². The van der Waals surface area contributed by atoms with Gasteiger partial charge in [-0.1, -0.05) is 0 Å². The Bertz CT molecular complexity index is 1070. The van der Waals surface area contributed by atoms with E-state index in [1.807, 2.05) is 0 Å². The molecule has 0 radical (unpaired) electrons. The topological polar surface area (TPSA) is 137 Å². The van der Waals surface area contributed by atoms with E-state index in [9.17, 15) is 19.2 Å². The SMILES string of the molecule is COc1ccc(N2C[C@H](C(=O)O[C@H](C)C(=O)Nc3ccc(C(N)=O)cc3)CC2=O)c(OC)c1. The zero-order valence-electron chi connectivity index (χ0n) is 18.5. The van der Waals surface area contributed by atoms with E-state index in [2.05, 4.69) is 5.32 Å². The van der Waals surface area contributed by atoms with Crippen LogP contribution < -0.4 is 25.4 Å². The summed E-state index contributed by atoms with van der Waals surface area (Å²) in [5.41, 5.74) is 6.43. The molecule has 10 nitrogen and oxygen atoms in total. The number of anilines is 2. The summed E-state index contributed by atoms with van der Waals surface area (Å²) in [6.45, 7) is 1.54. The smallest absolute Gasteiger partial charge is 0.312 e. The number of nitrogens with one attached hydrogen (secondary N) is 1. The Hall–Kier alpha value is -4.08. The van der Waals surface area contributed by atoms with Gasteiger partial charge >= 0.3 is 5.97 Å². The molecule has 1 heterocycles. The van der Waals surface area contributed by atoms with Crippen molar-refractivity contribution in [2.75, 3.05) is 31.0 Å². The first-order valence-electron chi connectivity index (χ1n) is 10.2. The summed E-state index contributed by atoms with van der Waals surface area (Å²) in [5.74, 6) is -1.75. The highest BCUT2D eigenvalue weighted by Crippen LogP contribution is 2.36. The van der Waals surface area contributed by atoms with E-state index in [-0.39, 0.29) is 18.9 Å². The molecule has 10 heteroatoms. The highest BCUT2D eigenvalue weighted by atomic mass is 16.5. The molecule has 1 saturated heterocycles. The van der Waals surface area contributed by atoms with E-state index in [0.717, 1.165) is 0 Å². The first-order chi connectivity index (χ1) is 15.7. The Morgan fingerprint density at radius 1 is 1.09 bits per heavy atom. The highest BCUT2D eigenvalue weighted by Gasteiger charge is 2.38. The van der Waals surface area contributed by atoms with Gasteiger partial charge in [-0.15, -0.1) is 0 Å². The highest BCUT2D eigenvalue weighted by molar-refractivity contribution is 6.01. The number of nitrogens with two attached hydrogens (primary N) is 1. The van der Waals surface area contributed by atoms with Gasteiger partial charge in [-0.2, -0.15) is 0 Å². The van der Waals surface area contributed by atoms with Crippen LogP contribution in [0.25, 0.3) is 0 Å². The Balaban J connectivity index is 1.60. The van der Waals surface area contributed by atoms with Crippen molar-refractivity contribution in [2.24, 2.45) is 11.7 Å². The van der Waals surface area contributed by atoms with Crippen LogP contribution in [0.5, 0.6) is 11.5 Å². The van der Waals surface area contributed by atoms with Crippen molar-refractivity contribution in [2.45, 2.75) is 19.4 Å². The quantitative estimate of drug-likeness (QED) is 0.578. The average molecular weight is 455 g/mol. The summed E-state index contributed by atoms with van der Waals surface area (Å²) in [6, 6.07) is 11.0. The Labute approximate surface area is 190 Å². The summed E-state index contributed by atoms with van der Waals surface area (Å²) < 4.78 is 15.8. The van der Waals surface area contributed by atoms with Crippen LogP contribution in [-0.4, -0.2) is 50.6 Å². The van der Waals surface area contributed by atoms with Gasteiger partial charge in [0.2, 0.25) is 11.8 Å². The Morgan fingerprint density at radius 2 is 1.79 bits per heavy atom. The molecule has 0 aliphatic carbocycles. The van der Waals surface area contributed by atoms with Crippen LogP contribution in [0, 0.1) is 5.92 Å². The van der Waals surface area contributed by atoms with Gasteiger partial charge in [0.1, 0.15) is 11.5 Å². The van der Waals surface area contributed by atoms with Gasteiger partial charge in [0.25, 0.3) is 5.91 Å². The van der Waals surface area contributed by atoms with Crippen LogP contribution in [0.2, 0.25) is 0 Å². The molecule has 0 bridgehead atoms. The summed E-state index contributed by atoms with van der Waals surface area (Å²) in [7, 11) is 3.00. The number of carbonyl (C=O) groups excluding carboxylic acids is 4. The molecule has 2 aromatic carbocycles. The molecule has 2 aromatic rings. The Morgan fingerprint density at radius 3 is 2.39 bits per heavy atom. The third-order valence-electron chi connectivity index (χ3n) is 5.24. The number of rotatable bonds is 8. The molecule has 174 valence electrons. The lowest BCUT2D eigenvalue weighted by atomic mass is 10.1. The fourth-order valence-electron chi connectivity index (χ4n) is 3.39. The van der Waals surface area contributed by atoms with Crippen LogP contribution in [0.3, 0.4) is 0 Å². The zero-order valence-corrected chi connectivity index (χ0v) is 18.5. The van der Waals surface area contributed by atoms with Gasteiger partial charge in [0.05, 0.1) is 25.8 Å². The minimum absolute atomic E-state index is 0.0447. The molecular weight excluding hydrogens is 430 g/mol. The molecule has 0 unspecified atom stereocenters. The number of hydrogen-bond donors (Lipinski definition) is 2. The molecule has 0 saturated carbocycles. The minimum Gasteiger partial charge on any atom is -0.497 e. The number of methoxy groups -OCH3 is 2. The van der Waals surface area contributed by atoms with Crippen molar-refractivity contribution in [3.63, 3.8) is 0 Å². The molecule has 3 rings (SSSR count). The number of esters is 1. The lowest BCUT2D eigenvalue weighted by molar-refractivity contribution is -0.157. The normalized spacial score (nSPS) is 16.2. The molecular formula is C23H25N3O7. The zero-order chi connectivity index (χ0) is 24.1. The van der Waals surface area contributed by atoms with E-state index >= 15 is 0 Å². The predicted molar refractivity (Wildman–Crippen MR) is 119 cm³/mol. The third-order valence-corrected chi connectivity index (χ3v) is 5.24. The monoisotopic (exact) mass is 455 g/mol. The van der Waals surface area contributed by atoms with Crippen molar-refractivity contribution >= 4 is 35.1 Å². The summed E-state index contributed by atoms with van der Waals surface area (Å²) in [5, 5.41) is 2.60. The largest absolute Gasteiger partial charge is 0.497 e. The third kappa shape index (κ3) is 5.40. The van der Waals surface area contributed by atoms with Crippen molar-refractivity contribution in [3.8, 4) is 11.5 Å². The van der Waals surface area contributed by atoms with Crippen LogP contribution in [0.1, 0.15) is 23.7 Å². The summed E-state index contributed by atoms with van der Waals surface area (Å²) >= 11 is 0. The van der Waals surface area contributed by atoms with Crippen molar-refractivity contribution in [1.29, 1.82) is 0 Å². The molecule has 0 aromatic heterocycles. The van der Waals surface area contributed by atoms with Crippen LogP contribution in [0.4, 0.5) is 11.4 Å². The van der Waals surface area contributed by atoms with Crippen molar-refractivity contribution in [3.05, 3.63) is 48.0 Å². The maximum Gasteiger partial charge on any atom is 0.312 e. The van der Waals surface area contributed by atoms with E-state index in [0.29, 0.717) is 28.4 Å². The lowest BCUT2D eigenvalue weighted by Gasteiger charge is -2.20. The van der Waals surface area contributed by atoms with Gasteiger partial charge in [0.15, 0.2) is 6.10 Å². The first-order valence-corrected chi connectivity index (χ1v) is 10.2. The summed E-state index contributed by atoms with van der Waals surface area (Å²) in [6.07, 6.45) is -1.13. The maximum absolute atomic E-state index is 12.6. The fraction of sp³-hybridized carbons (Fsp3) is 0.304. The molecule has 1 aliphatic heterocycles. The number of nitrogens with zero attached hydrogens (tertiary/aromatic N) is 1.